The molecule has 0 amide bonds. The minimum Gasteiger partial charge on any atom is -0.295 e. The molecule has 4 rings (SSSR count). The summed E-state index contributed by atoms with van der Waals surface area (Å²) in [7, 11) is 0. The maximum Gasteiger partial charge on any atom is 0.275 e. The first-order valence-electron chi connectivity index (χ1n) is 8.44. The smallest absolute Gasteiger partial charge is 0.275 e. The zero-order valence-electron chi connectivity index (χ0n) is 14.1. The summed E-state index contributed by atoms with van der Waals surface area (Å²) >= 11 is 5.94. The zero-order valence-corrected chi connectivity index (χ0v) is 14.8. The largest absolute Gasteiger partial charge is 0.295 e. The van der Waals surface area contributed by atoms with Gasteiger partial charge >= 0.3 is 0 Å². The van der Waals surface area contributed by atoms with Crippen molar-refractivity contribution >= 4 is 11.6 Å². The van der Waals surface area contributed by atoms with E-state index >= 15 is 0 Å². The van der Waals surface area contributed by atoms with Crippen molar-refractivity contribution in [3.63, 3.8) is 0 Å². The van der Waals surface area contributed by atoms with Gasteiger partial charge in [0, 0.05) is 36.8 Å². The van der Waals surface area contributed by atoms with E-state index in [0.29, 0.717) is 17.8 Å². The number of nitriles is 1. The molecule has 1 aromatic heterocycles. The molecule has 0 aliphatic carbocycles. The van der Waals surface area contributed by atoms with Crippen molar-refractivity contribution in [1.29, 1.82) is 5.26 Å². The molecular weight excluding hydrogens is 348 g/mol. The number of fused-ring (bicyclic) bond motifs is 1. The second-order valence-corrected chi connectivity index (χ2v) is 6.90. The first-order valence-corrected chi connectivity index (χ1v) is 8.82. The fourth-order valence-electron chi connectivity index (χ4n) is 3.34. The quantitative estimate of drug-likeness (QED) is 0.775. The van der Waals surface area contributed by atoms with Crippen molar-refractivity contribution in [2.45, 2.75) is 19.5 Å². The van der Waals surface area contributed by atoms with Crippen molar-refractivity contribution in [3.05, 3.63) is 86.3 Å². The SMILES string of the molecule is N#Cc1cccc(-n2[nH]c3c(c2=O)CN(Cc2ccc(Cl)cc2)CC3)c1. The van der Waals surface area contributed by atoms with Crippen molar-refractivity contribution < 1.29 is 0 Å². The Balaban J connectivity index is 1.60. The highest BCUT2D eigenvalue weighted by molar-refractivity contribution is 6.30. The van der Waals surface area contributed by atoms with E-state index in [1.165, 1.54) is 10.2 Å². The number of nitrogens with zero attached hydrogens (tertiary/aromatic N) is 3. The molecule has 0 radical (unpaired) electrons. The number of halogens is 1. The third-order valence-electron chi connectivity index (χ3n) is 4.68. The van der Waals surface area contributed by atoms with Gasteiger partial charge < -0.3 is 0 Å². The van der Waals surface area contributed by atoms with Crippen molar-refractivity contribution in [3.8, 4) is 11.8 Å². The van der Waals surface area contributed by atoms with Gasteiger partial charge in [0.05, 0.1) is 22.9 Å². The summed E-state index contributed by atoms with van der Waals surface area (Å²) in [4.78, 5) is 15.1. The summed E-state index contributed by atoms with van der Waals surface area (Å²) in [5.74, 6) is 0. The highest BCUT2D eigenvalue weighted by Gasteiger charge is 2.23. The highest BCUT2D eigenvalue weighted by atomic mass is 35.5. The van der Waals surface area contributed by atoms with Crippen LogP contribution in [0.5, 0.6) is 0 Å². The Morgan fingerprint density at radius 2 is 2.00 bits per heavy atom. The average molecular weight is 365 g/mol. The van der Waals surface area contributed by atoms with Crippen LogP contribution >= 0.6 is 11.6 Å². The molecule has 0 atom stereocenters. The van der Waals surface area contributed by atoms with E-state index in [2.05, 4.69) is 16.1 Å². The van der Waals surface area contributed by atoms with Gasteiger partial charge in [0.1, 0.15) is 0 Å². The lowest BCUT2D eigenvalue weighted by molar-refractivity contribution is 0.244. The summed E-state index contributed by atoms with van der Waals surface area (Å²) < 4.78 is 1.54. The van der Waals surface area contributed by atoms with E-state index in [0.717, 1.165) is 35.8 Å². The number of nitrogens with one attached hydrogen (secondary N) is 1. The van der Waals surface area contributed by atoms with Gasteiger partial charge in [-0.2, -0.15) is 5.26 Å². The summed E-state index contributed by atoms with van der Waals surface area (Å²) in [5.41, 5.74) is 4.13. The Morgan fingerprint density at radius 1 is 1.19 bits per heavy atom. The molecule has 2 heterocycles. The van der Waals surface area contributed by atoms with Crippen LogP contribution in [0.25, 0.3) is 5.69 Å². The van der Waals surface area contributed by atoms with Crippen LogP contribution in [0.15, 0.2) is 53.3 Å². The Bertz CT molecular complexity index is 1040. The number of hydrogen-bond donors (Lipinski definition) is 1. The molecule has 26 heavy (non-hydrogen) atoms. The number of hydrogen-bond acceptors (Lipinski definition) is 3. The summed E-state index contributed by atoms with van der Waals surface area (Å²) in [5, 5.41) is 13.0. The lowest BCUT2D eigenvalue weighted by Gasteiger charge is -2.25. The summed E-state index contributed by atoms with van der Waals surface area (Å²) in [6.45, 7) is 2.27. The van der Waals surface area contributed by atoms with E-state index in [4.69, 9.17) is 16.9 Å². The van der Waals surface area contributed by atoms with Gasteiger partial charge in [0.15, 0.2) is 0 Å². The summed E-state index contributed by atoms with van der Waals surface area (Å²) in [6.07, 6.45) is 0.795. The second kappa shape index (κ2) is 6.83. The minimum absolute atomic E-state index is 0.0455. The van der Waals surface area contributed by atoms with Crippen LogP contribution in [0, 0.1) is 11.3 Å². The van der Waals surface area contributed by atoms with Crippen LogP contribution in [0.2, 0.25) is 5.02 Å². The molecule has 130 valence electrons. The summed E-state index contributed by atoms with van der Waals surface area (Å²) in [6, 6.07) is 17.0. The minimum atomic E-state index is -0.0455. The van der Waals surface area contributed by atoms with Crippen molar-refractivity contribution in [2.75, 3.05) is 6.54 Å². The van der Waals surface area contributed by atoms with Gasteiger partial charge in [-0.25, -0.2) is 4.68 Å². The van der Waals surface area contributed by atoms with Crippen LogP contribution in [-0.2, 0) is 19.5 Å². The first kappa shape index (κ1) is 16.6. The van der Waals surface area contributed by atoms with Gasteiger partial charge in [0.25, 0.3) is 5.56 Å². The number of H-pyrrole nitrogens is 1. The predicted octanol–water partition coefficient (Wildman–Crippen LogP) is 3.25. The Hall–Kier alpha value is -2.81. The first-order chi connectivity index (χ1) is 12.6. The van der Waals surface area contributed by atoms with Gasteiger partial charge in [-0.15, -0.1) is 0 Å². The molecule has 2 aromatic carbocycles. The van der Waals surface area contributed by atoms with E-state index in [1.54, 1.807) is 18.2 Å². The molecule has 0 saturated heterocycles. The third kappa shape index (κ3) is 3.17. The number of aromatic amines is 1. The van der Waals surface area contributed by atoms with Gasteiger partial charge in [-0.05, 0) is 35.9 Å². The lowest BCUT2D eigenvalue weighted by atomic mass is 10.1. The topological polar surface area (TPSA) is 64.8 Å². The average Bonchev–Trinajstić information content (AvgIpc) is 3.00. The molecule has 0 spiro atoms. The monoisotopic (exact) mass is 364 g/mol. The molecule has 0 fully saturated rings. The molecule has 1 N–H and O–H groups in total. The molecule has 1 aliphatic heterocycles. The van der Waals surface area contributed by atoms with Gasteiger partial charge in [-0.1, -0.05) is 29.8 Å². The molecule has 1 aliphatic rings. The predicted molar refractivity (Wildman–Crippen MR) is 100 cm³/mol. The third-order valence-corrected chi connectivity index (χ3v) is 4.94. The van der Waals surface area contributed by atoms with Crippen LogP contribution in [-0.4, -0.2) is 21.2 Å². The van der Waals surface area contributed by atoms with Crippen molar-refractivity contribution in [1.82, 2.24) is 14.7 Å². The zero-order chi connectivity index (χ0) is 18.1. The van der Waals surface area contributed by atoms with E-state index in [1.807, 2.05) is 30.3 Å². The maximum absolute atomic E-state index is 12.9. The standard InChI is InChI=1S/C20H17ClN4O/c21-16-6-4-14(5-7-16)12-24-9-8-19-18(13-24)20(26)25(23-19)17-3-1-2-15(10-17)11-22/h1-7,10,23H,8-9,12-13H2. The Kier molecular flexibility index (Phi) is 4.37. The number of rotatable bonds is 3. The molecule has 5 nitrogen and oxygen atoms in total. The van der Waals surface area contributed by atoms with Crippen LogP contribution in [0.3, 0.4) is 0 Å². The van der Waals surface area contributed by atoms with Crippen LogP contribution in [0.1, 0.15) is 22.4 Å². The molecule has 3 aromatic rings. The fourth-order valence-corrected chi connectivity index (χ4v) is 3.46. The molecule has 0 unspecified atom stereocenters. The maximum atomic E-state index is 12.9. The Labute approximate surface area is 156 Å². The Morgan fingerprint density at radius 3 is 2.77 bits per heavy atom. The van der Waals surface area contributed by atoms with E-state index < -0.39 is 0 Å². The lowest BCUT2D eigenvalue weighted by Crippen LogP contribution is -2.32. The molecule has 6 heteroatoms. The highest BCUT2D eigenvalue weighted by Crippen LogP contribution is 2.19. The number of aromatic nitrogens is 2. The fraction of sp³-hybridized carbons (Fsp3) is 0.200. The van der Waals surface area contributed by atoms with E-state index in [9.17, 15) is 4.79 Å². The van der Waals surface area contributed by atoms with Crippen molar-refractivity contribution in [2.24, 2.45) is 0 Å². The molecular formula is C20H17ClN4O. The van der Waals surface area contributed by atoms with Gasteiger partial charge in [0.2, 0.25) is 0 Å². The molecule has 0 bridgehead atoms. The number of benzene rings is 2. The van der Waals surface area contributed by atoms with Crippen LogP contribution in [0.4, 0.5) is 0 Å². The second-order valence-electron chi connectivity index (χ2n) is 6.46. The molecule has 0 saturated carbocycles. The van der Waals surface area contributed by atoms with Crippen LogP contribution < -0.4 is 5.56 Å². The van der Waals surface area contributed by atoms with E-state index in [-0.39, 0.29) is 5.56 Å². The van der Waals surface area contributed by atoms with Gasteiger partial charge in [-0.3, -0.25) is 14.8 Å². The normalized spacial score (nSPS) is 14.0.